The summed E-state index contributed by atoms with van der Waals surface area (Å²) >= 11 is 12.5. The number of hydrogen-bond donors (Lipinski definition) is 2. The minimum Gasteiger partial charge on any atom is -0.326 e. The first-order valence-electron chi connectivity index (χ1n) is 8.59. The van der Waals surface area contributed by atoms with E-state index in [9.17, 15) is 4.79 Å². The summed E-state index contributed by atoms with van der Waals surface area (Å²) in [6.07, 6.45) is 4.47. The molecule has 0 radical (unpaired) electrons. The second-order valence-corrected chi connectivity index (χ2v) is 7.04. The fourth-order valence-electron chi connectivity index (χ4n) is 3.02. The number of nitrogens with one attached hydrogen (secondary N) is 1. The first kappa shape index (κ1) is 19.3. The van der Waals surface area contributed by atoms with Crippen molar-refractivity contribution in [1.82, 2.24) is 24.3 Å². The summed E-state index contributed by atoms with van der Waals surface area (Å²) in [6.45, 7) is 2.08. The molecule has 0 fully saturated rings. The zero-order chi connectivity index (χ0) is 20.5. The van der Waals surface area contributed by atoms with Gasteiger partial charge >= 0.3 is 0 Å². The number of hydrogen-bond acceptors (Lipinski definition) is 6. The van der Waals surface area contributed by atoms with E-state index in [4.69, 9.17) is 28.9 Å². The topological polar surface area (TPSA) is 111 Å². The van der Waals surface area contributed by atoms with E-state index in [1.54, 1.807) is 34.9 Å². The molecule has 4 aromatic rings. The van der Waals surface area contributed by atoms with Crippen molar-refractivity contribution in [2.45, 2.75) is 13.5 Å². The van der Waals surface area contributed by atoms with Crippen LogP contribution in [0.15, 0.2) is 43.0 Å². The molecule has 4 rings (SSSR count). The molecular weight excluding hydrogens is 413 g/mol. The van der Waals surface area contributed by atoms with E-state index in [0.29, 0.717) is 38.6 Å². The van der Waals surface area contributed by atoms with Gasteiger partial charge in [0.1, 0.15) is 17.8 Å². The predicted molar refractivity (Wildman–Crippen MR) is 111 cm³/mol. The predicted octanol–water partition coefficient (Wildman–Crippen LogP) is 3.51. The zero-order valence-corrected chi connectivity index (χ0v) is 16.7. The van der Waals surface area contributed by atoms with Crippen LogP contribution in [-0.4, -0.2) is 30.2 Å². The number of carbonyl (C=O) groups is 1. The van der Waals surface area contributed by atoms with Crippen LogP contribution in [0.2, 0.25) is 10.0 Å². The Hall–Kier alpha value is -3.07. The van der Waals surface area contributed by atoms with Crippen LogP contribution in [0.3, 0.4) is 0 Å². The number of halogens is 2. The van der Waals surface area contributed by atoms with Crippen LogP contribution < -0.4 is 11.1 Å². The summed E-state index contributed by atoms with van der Waals surface area (Å²) < 4.78 is 1.71. The van der Waals surface area contributed by atoms with Crippen LogP contribution in [0.5, 0.6) is 0 Å². The van der Waals surface area contributed by atoms with Gasteiger partial charge in [-0.3, -0.25) is 9.20 Å². The molecule has 1 amide bonds. The van der Waals surface area contributed by atoms with Crippen LogP contribution in [0.1, 0.15) is 21.7 Å². The van der Waals surface area contributed by atoms with E-state index in [1.807, 2.05) is 6.92 Å². The molecule has 0 unspecified atom stereocenters. The largest absolute Gasteiger partial charge is 0.326 e. The summed E-state index contributed by atoms with van der Waals surface area (Å²) in [7, 11) is 0. The van der Waals surface area contributed by atoms with E-state index in [1.165, 1.54) is 12.5 Å². The molecule has 3 heterocycles. The lowest BCUT2D eigenvalue weighted by Gasteiger charge is -2.14. The molecule has 0 aliphatic rings. The molecule has 0 aliphatic heterocycles. The van der Waals surface area contributed by atoms with Crippen LogP contribution in [0.25, 0.3) is 17.0 Å². The SMILES string of the molecule is Cc1nc2nc(C(=O)Nc3ccncn3)cn2c(-c2ccc(Cl)cc2Cl)c1CN. The normalized spacial score (nSPS) is 11.0. The number of nitrogens with two attached hydrogens (primary N) is 1. The summed E-state index contributed by atoms with van der Waals surface area (Å²) in [5.74, 6) is 0.303. The maximum absolute atomic E-state index is 12.6. The van der Waals surface area contributed by atoms with Crippen molar-refractivity contribution in [3.63, 3.8) is 0 Å². The molecule has 3 N–H and O–H groups in total. The number of nitrogens with zero attached hydrogens (tertiary/aromatic N) is 5. The monoisotopic (exact) mass is 427 g/mol. The van der Waals surface area contributed by atoms with Gasteiger partial charge in [-0.05, 0) is 31.2 Å². The number of aromatic nitrogens is 5. The number of amides is 1. The van der Waals surface area contributed by atoms with Crippen molar-refractivity contribution in [3.05, 3.63) is 70.0 Å². The third-order valence-corrected chi connectivity index (χ3v) is 4.91. The summed E-state index contributed by atoms with van der Waals surface area (Å²) in [5.41, 5.74) is 9.09. The second kappa shape index (κ2) is 7.75. The van der Waals surface area contributed by atoms with Gasteiger partial charge in [-0.25, -0.2) is 19.9 Å². The summed E-state index contributed by atoms with van der Waals surface area (Å²) in [4.78, 5) is 29.3. The minimum absolute atomic E-state index is 0.177. The molecule has 29 heavy (non-hydrogen) atoms. The summed E-state index contributed by atoms with van der Waals surface area (Å²) in [6, 6.07) is 6.78. The van der Waals surface area contributed by atoms with Crippen LogP contribution in [-0.2, 0) is 6.54 Å². The average Bonchev–Trinajstić information content (AvgIpc) is 3.12. The first-order valence-corrected chi connectivity index (χ1v) is 9.35. The highest BCUT2D eigenvalue weighted by Gasteiger charge is 2.20. The molecule has 0 aliphatic carbocycles. The van der Waals surface area contributed by atoms with E-state index >= 15 is 0 Å². The number of benzene rings is 1. The van der Waals surface area contributed by atoms with Crippen molar-refractivity contribution < 1.29 is 4.79 Å². The van der Waals surface area contributed by atoms with Gasteiger partial charge in [0.25, 0.3) is 5.91 Å². The number of aryl methyl sites for hydroxylation is 1. The Morgan fingerprint density at radius 3 is 2.76 bits per heavy atom. The van der Waals surface area contributed by atoms with Crippen molar-refractivity contribution in [3.8, 4) is 11.3 Å². The van der Waals surface area contributed by atoms with E-state index in [-0.39, 0.29) is 12.2 Å². The van der Waals surface area contributed by atoms with Crippen LogP contribution in [0, 0.1) is 6.92 Å². The van der Waals surface area contributed by atoms with Crippen molar-refractivity contribution in [2.24, 2.45) is 5.73 Å². The van der Waals surface area contributed by atoms with Crippen molar-refractivity contribution in [1.29, 1.82) is 0 Å². The Balaban J connectivity index is 1.87. The van der Waals surface area contributed by atoms with Gasteiger partial charge in [-0.1, -0.05) is 23.2 Å². The molecule has 0 spiro atoms. The molecule has 0 atom stereocenters. The standard InChI is InChI=1S/C19H15Cl2N7O/c1-10-13(7-22)17(12-3-2-11(20)6-14(12)21)28-8-15(26-19(28)25-10)18(29)27-16-4-5-23-9-24-16/h2-6,8-9H,7,22H2,1H3,(H,23,24,27,29). The fourth-order valence-corrected chi connectivity index (χ4v) is 3.52. The molecule has 3 aromatic heterocycles. The number of carbonyl (C=O) groups excluding carboxylic acids is 1. The Kier molecular flexibility index (Phi) is 5.14. The lowest BCUT2D eigenvalue weighted by molar-refractivity contribution is 0.102. The number of anilines is 1. The number of imidazole rings is 1. The Labute approximate surface area is 175 Å². The average molecular weight is 428 g/mol. The molecule has 0 saturated carbocycles. The van der Waals surface area contributed by atoms with Gasteiger partial charge in [-0.15, -0.1) is 0 Å². The fraction of sp³-hybridized carbons (Fsp3) is 0.105. The van der Waals surface area contributed by atoms with Crippen LogP contribution in [0.4, 0.5) is 5.82 Å². The minimum atomic E-state index is -0.422. The second-order valence-electron chi connectivity index (χ2n) is 6.20. The zero-order valence-electron chi connectivity index (χ0n) is 15.2. The first-order chi connectivity index (χ1) is 14.0. The van der Waals surface area contributed by atoms with Gasteiger partial charge in [0, 0.05) is 40.8 Å². The highest BCUT2D eigenvalue weighted by molar-refractivity contribution is 6.36. The van der Waals surface area contributed by atoms with Gasteiger partial charge in [0.05, 0.1) is 10.7 Å². The maximum Gasteiger partial charge on any atom is 0.277 e. The Morgan fingerprint density at radius 1 is 1.24 bits per heavy atom. The quantitative estimate of drug-likeness (QED) is 0.515. The van der Waals surface area contributed by atoms with Gasteiger partial charge in [-0.2, -0.15) is 0 Å². The third kappa shape index (κ3) is 3.65. The van der Waals surface area contributed by atoms with Crippen LogP contribution >= 0.6 is 23.2 Å². The molecular formula is C19H15Cl2N7O. The van der Waals surface area contributed by atoms with Gasteiger partial charge in [0.15, 0.2) is 0 Å². The lowest BCUT2D eigenvalue weighted by Crippen LogP contribution is -2.13. The molecule has 10 heteroatoms. The number of rotatable bonds is 4. The van der Waals surface area contributed by atoms with Gasteiger partial charge < -0.3 is 11.1 Å². The maximum atomic E-state index is 12.6. The third-order valence-electron chi connectivity index (χ3n) is 4.37. The lowest BCUT2D eigenvalue weighted by atomic mass is 10.0. The number of fused-ring (bicyclic) bond motifs is 1. The molecule has 1 aromatic carbocycles. The smallest absolute Gasteiger partial charge is 0.277 e. The highest BCUT2D eigenvalue weighted by atomic mass is 35.5. The van der Waals surface area contributed by atoms with E-state index in [0.717, 1.165) is 5.56 Å². The van der Waals surface area contributed by atoms with E-state index < -0.39 is 5.91 Å². The van der Waals surface area contributed by atoms with Crippen molar-refractivity contribution >= 4 is 40.7 Å². The molecule has 146 valence electrons. The van der Waals surface area contributed by atoms with Gasteiger partial charge in [0.2, 0.25) is 5.78 Å². The molecule has 8 nitrogen and oxygen atoms in total. The Bertz CT molecular complexity index is 1220. The molecule has 0 saturated heterocycles. The highest BCUT2D eigenvalue weighted by Crippen LogP contribution is 2.34. The summed E-state index contributed by atoms with van der Waals surface area (Å²) in [5, 5.41) is 3.66. The van der Waals surface area contributed by atoms with Crippen molar-refractivity contribution in [2.75, 3.05) is 5.32 Å². The molecule has 0 bridgehead atoms. The Morgan fingerprint density at radius 2 is 2.07 bits per heavy atom. The van der Waals surface area contributed by atoms with E-state index in [2.05, 4.69) is 25.3 Å².